The summed E-state index contributed by atoms with van der Waals surface area (Å²) in [6, 6.07) is 10.3. The van der Waals surface area contributed by atoms with Crippen molar-refractivity contribution in [1.82, 2.24) is 20.2 Å². The molecule has 0 unspecified atom stereocenters. The maximum Gasteiger partial charge on any atom is 0.0838 e. The number of rotatable bonds is 4. The number of pyridine rings is 2. The molecule has 4 rings (SSSR count). The average Bonchev–Trinajstić information content (AvgIpc) is 3.31. The first-order valence-corrected chi connectivity index (χ1v) is 7.83. The Hall–Kier alpha value is -3.04. The Morgan fingerprint density at radius 2 is 1.88 bits per heavy atom. The van der Waals surface area contributed by atoms with Gasteiger partial charge in [-0.25, -0.2) is 0 Å². The Labute approximate surface area is 139 Å². The van der Waals surface area contributed by atoms with E-state index < -0.39 is 0 Å². The standard InChI is InChI=1S/C18H16N6/c19-7-17-14(10-23-24-17)16-3-1-12(8-21-16)15-4-2-13(9-22-15)18(11-20)5-6-18/h1-4,8-10H,5-7,19H2,(H,23,24). The van der Waals surface area contributed by atoms with E-state index in [9.17, 15) is 5.26 Å². The van der Waals surface area contributed by atoms with E-state index >= 15 is 0 Å². The molecule has 0 aromatic carbocycles. The highest BCUT2D eigenvalue weighted by molar-refractivity contribution is 5.65. The Kier molecular flexibility index (Phi) is 3.36. The van der Waals surface area contributed by atoms with Crippen molar-refractivity contribution in [1.29, 1.82) is 5.26 Å². The predicted octanol–water partition coefficient (Wildman–Crippen LogP) is 2.55. The molecule has 0 saturated heterocycles. The van der Waals surface area contributed by atoms with Gasteiger partial charge in [-0.2, -0.15) is 10.4 Å². The quantitative estimate of drug-likeness (QED) is 0.769. The number of nitriles is 1. The van der Waals surface area contributed by atoms with Crippen LogP contribution in [0, 0.1) is 11.3 Å². The van der Waals surface area contributed by atoms with Crippen LogP contribution in [0.5, 0.6) is 0 Å². The molecule has 0 spiro atoms. The number of aromatic nitrogens is 4. The lowest BCUT2D eigenvalue weighted by molar-refractivity contribution is 0.898. The summed E-state index contributed by atoms with van der Waals surface area (Å²) in [6.45, 7) is 0.391. The number of nitrogens with zero attached hydrogens (tertiary/aromatic N) is 4. The minimum absolute atomic E-state index is 0.298. The first-order chi connectivity index (χ1) is 11.8. The van der Waals surface area contributed by atoms with Gasteiger partial charge in [0.25, 0.3) is 0 Å². The third-order valence-electron chi connectivity index (χ3n) is 4.54. The molecule has 0 amide bonds. The van der Waals surface area contributed by atoms with Crippen LogP contribution in [0.15, 0.2) is 42.9 Å². The third-order valence-corrected chi connectivity index (χ3v) is 4.54. The Morgan fingerprint density at radius 3 is 2.46 bits per heavy atom. The first-order valence-electron chi connectivity index (χ1n) is 7.83. The highest BCUT2D eigenvalue weighted by atomic mass is 15.1. The maximum absolute atomic E-state index is 9.26. The molecular weight excluding hydrogens is 300 g/mol. The van der Waals surface area contributed by atoms with Crippen LogP contribution < -0.4 is 5.73 Å². The third kappa shape index (κ3) is 2.36. The minimum Gasteiger partial charge on any atom is -0.325 e. The molecule has 1 aliphatic carbocycles. The molecule has 1 fully saturated rings. The molecule has 3 heterocycles. The average molecular weight is 316 g/mol. The molecule has 118 valence electrons. The van der Waals surface area contributed by atoms with Gasteiger partial charge >= 0.3 is 0 Å². The number of H-pyrrole nitrogens is 1. The van der Waals surface area contributed by atoms with Crippen LogP contribution in [0.1, 0.15) is 24.1 Å². The Balaban J connectivity index is 1.60. The van der Waals surface area contributed by atoms with E-state index in [0.717, 1.165) is 46.6 Å². The zero-order chi connectivity index (χ0) is 16.6. The van der Waals surface area contributed by atoms with Crippen molar-refractivity contribution < 1.29 is 0 Å². The zero-order valence-electron chi connectivity index (χ0n) is 13.0. The van der Waals surface area contributed by atoms with Crippen LogP contribution >= 0.6 is 0 Å². The van der Waals surface area contributed by atoms with Crippen LogP contribution in [0.2, 0.25) is 0 Å². The van der Waals surface area contributed by atoms with Crippen molar-refractivity contribution in [3.63, 3.8) is 0 Å². The van der Waals surface area contributed by atoms with Crippen LogP contribution in [0.3, 0.4) is 0 Å². The summed E-state index contributed by atoms with van der Waals surface area (Å²) < 4.78 is 0. The zero-order valence-corrected chi connectivity index (χ0v) is 13.0. The first kappa shape index (κ1) is 14.5. The fourth-order valence-electron chi connectivity index (χ4n) is 2.83. The number of hydrogen-bond donors (Lipinski definition) is 2. The number of hydrogen-bond acceptors (Lipinski definition) is 5. The molecule has 3 N–H and O–H groups in total. The van der Waals surface area contributed by atoms with Gasteiger partial charge in [-0.3, -0.25) is 15.1 Å². The van der Waals surface area contributed by atoms with Crippen LogP contribution in [-0.4, -0.2) is 20.2 Å². The predicted molar refractivity (Wildman–Crippen MR) is 89.5 cm³/mol. The normalized spacial score (nSPS) is 15.0. The molecule has 0 radical (unpaired) electrons. The van der Waals surface area contributed by atoms with Crippen molar-refractivity contribution >= 4 is 0 Å². The van der Waals surface area contributed by atoms with Crippen molar-refractivity contribution in [2.45, 2.75) is 24.8 Å². The number of nitrogens with two attached hydrogens (primary N) is 1. The highest BCUT2D eigenvalue weighted by Gasteiger charge is 2.45. The van der Waals surface area contributed by atoms with E-state index in [4.69, 9.17) is 5.73 Å². The van der Waals surface area contributed by atoms with E-state index in [2.05, 4.69) is 26.2 Å². The van der Waals surface area contributed by atoms with Crippen molar-refractivity contribution in [2.24, 2.45) is 5.73 Å². The van der Waals surface area contributed by atoms with Gasteiger partial charge in [-0.1, -0.05) is 6.07 Å². The monoisotopic (exact) mass is 316 g/mol. The largest absolute Gasteiger partial charge is 0.325 e. The molecule has 1 saturated carbocycles. The van der Waals surface area contributed by atoms with Gasteiger partial charge in [0.1, 0.15) is 0 Å². The number of nitrogens with one attached hydrogen (secondary N) is 1. The van der Waals surface area contributed by atoms with Crippen LogP contribution in [-0.2, 0) is 12.0 Å². The lowest BCUT2D eigenvalue weighted by Gasteiger charge is -2.07. The Morgan fingerprint density at radius 1 is 1.08 bits per heavy atom. The van der Waals surface area contributed by atoms with Crippen LogP contribution in [0.25, 0.3) is 22.5 Å². The molecule has 1 aliphatic rings. The van der Waals surface area contributed by atoms with Gasteiger partial charge in [0.15, 0.2) is 0 Å². The molecule has 6 heteroatoms. The summed E-state index contributed by atoms with van der Waals surface area (Å²) >= 11 is 0. The number of aromatic amines is 1. The van der Waals surface area contributed by atoms with Crippen LogP contribution in [0.4, 0.5) is 0 Å². The summed E-state index contributed by atoms with van der Waals surface area (Å²) in [5.74, 6) is 0. The SMILES string of the molecule is N#CC1(c2ccc(-c3ccc(-c4cn[nH]c4CN)nc3)nc2)CC1. The van der Waals surface area contributed by atoms with E-state index in [-0.39, 0.29) is 5.41 Å². The maximum atomic E-state index is 9.26. The van der Waals surface area contributed by atoms with E-state index in [1.54, 1.807) is 12.4 Å². The van der Waals surface area contributed by atoms with Gasteiger partial charge in [0.2, 0.25) is 0 Å². The second kappa shape index (κ2) is 5.55. The van der Waals surface area contributed by atoms with E-state index in [0.29, 0.717) is 6.54 Å². The minimum atomic E-state index is -0.298. The summed E-state index contributed by atoms with van der Waals surface area (Å²) in [5, 5.41) is 16.1. The second-order valence-electron chi connectivity index (χ2n) is 6.02. The van der Waals surface area contributed by atoms with E-state index in [1.165, 1.54) is 0 Å². The fraction of sp³-hybridized carbons (Fsp3) is 0.222. The molecule has 3 aromatic heterocycles. The van der Waals surface area contributed by atoms with E-state index in [1.807, 2.05) is 30.5 Å². The van der Waals surface area contributed by atoms with Crippen molar-refractivity contribution in [3.05, 3.63) is 54.1 Å². The highest BCUT2D eigenvalue weighted by Crippen LogP contribution is 2.47. The summed E-state index contributed by atoms with van der Waals surface area (Å²) in [5.41, 5.74) is 10.8. The summed E-state index contributed by atoms with van der Waals surface area (Å²) in [7, 11) is 0. The van der Waals surface area contributed by atoms with Gasteiger partial charge in [0.05, 0.1) is 34.8 Å². The van der Waals surface area contributed by atoms with Gasteiger partial charge < -0.3 is 5.73 Å². The lowest BCUT2D eigenvalue weighted by atomic mass is 9.99. The van der Waals surface area contributed by atoms with Gasteiger partial charge in [0, 0.05) is 30.1 Å². The molecule has 0 bridgehead atoms. The molecular formula is C18H16N6. The molecule has 0 atom stereocenters. The second-order valence-corrected chi connectivity index (χ2v) is 6.02. The van der Waals surface area contributed by atoms with Crippen molar-refractivity contribution in [3.8, 4) is 28.6 Å². The summed E-state index contributed by atoms with van der Waals surface area (Å²) in [4.78, 5) is 9.00. The smallest absolute Gasteiger partial charge is 0.0838 e. The Bertz CT molecular complexity index is 898. The fourth-order valence-corrected chi connectivity index (χ4v) is 2.83. The molecule has 3 aromatic rings. The van der Waals surface area contributed by atoms with Crippen molar-refractivity contribution in [2.75, 3.05) is 0 Å². The molecule has 24 heavy (non-hydrogen) atoms. The molecule has 6 nitrogen and oxygen atoms in total. The van der Waals surface area contributed by atoms with Gasteiger partial charge in [-0.05, 0) is 36.6 Å². The lowest BCUT2D eigenvalue weighted by Crippen LogP contribution is -2.03. The summed E-state index contributed by atoms with van der Waals surface area (Å²) in [6.07, 6.45) is 7.18. The topological polar surface area (TPSA) is 104 Å². The van der Waals surface area contributed by atoms with Gasteiger partial charge in [-0.15, -0.1) is 0 Å². The molecule has 0 aliphatic heterocycles.